The zero-order chi connectivity index (χ0) is 17.4. The molecule has 1 aromatic carbocycles. The minimum atomic E-state index is -2.12. The van der Waals surface area contributed by atoms with E-state index in [1.54, 1.807) is 12.1 Å². The summed E-state index contributed by atoms with van der Waals surface area (Å²) in [5.74, 6) is -0.752. The van der Waals surface area contributed by atoms with Crippen LogP contribution in [-0.4, -0.2) is 67.3 Å². The van der Waals surface area contributed by atoms with Crippen LogP contribution in [0.3, 0.4) is 0 Å². The molecule has 0 radical (unpaired) electrons. The molecule has 6 N–H and O–H groups in total. The molecule has 2 rings (SSSR count). The van der Waals surface area contributed by atoms with Crippen molar-refractivity contribution in [2.45, 2.75) is 55.5 Å². The molecule has 0 saturated heterocycles. The Balaban J connectivity index is 2.40. The molecule has 2 unspecified atom stereocenters. The maximum absolute atomic E-state index is 10.6. The van der Waals surface area contributed by atoms with E-state index in [0.717, 1.165) is 12.0 Å². The lowest BCUT2D eigenvalue weighted by atomic mass is 9.51. The molecule has 23 heavy (non-hydrogen) atoms. The number of aliphatic hydroxyl groups is 6. The molecule has 1 aromatic rings. The second-order valence-electron chi connectivity index (χ2n) is 6.55. The van der Waals surface area contributed by atoms with Gasteiger partial charge in [-0.1, -0.05) is 38.1 Å². The van der Waals surface area contributed by atoms with Crippen molar-refractivity contribution in [3.63, 3.8) is 0 Å². The molecule has 0 aromatic heterocycles. The molecule has 6 heteroatoms. The van der Waals surface area contributed by atoms with E-state index < -0.39 is 42.5 Å². The van der Waals surface area contributed by atoms with Crippen LogP contribution >= 0.6 is 0 Å². The molecular weight excluding hydrogens is 300 g/mol. The van der Waals surface area contributed by atoms with Crippen LogP contribution < -0.4 is 0 Å². The average Bonchev–Trinajstić information content (AvgIpc) is 2.59. The van der Waals surface area contributed by atoms with E-state index in [0.29, 0.717) is 11.5 Å². The summed E-state index contributed by atoms with van der Waals surface area (Å²) in [5, 5.41) is 59.6. The molecule has 6 atom stereocenters. The van der Waals surface area contributed by atoms with E-state index in [9.17, 15) is 25.5 Å². The molecule has 1 aliphatic carbocycles. The zero-order valence-electron chi connectivity index (χ0n) is 13.4. The minimum Gasteiger partial charge on any atom is -0.394 e. The van der Waals surface area contributed by atoms with Crippen molar-refractivity contribution in [1.82, 2.24) is 0 Å². The van der Waals surface area contributed by atoms with Crippen LogP contribution in [0.5, 0.6) is 0 Å². The van der Waals surface area contributed by atoms with Crippen molar-refractivity contribution >= 4 is 0 Å². The number of hydrogen-bond donors (Lipinski definition) is 6. The molecule has 0 spiro atoms. The second kappa shape index (κ2) is 6.47. The van der Waals surface area contributed by atoms with Gasteiger partial charge in [0.1, 0.15) is 23.4 Å². The van der Waals surface area contributed by atoms with Gasteiger partial charge in [0, 0.05) is 0 Å². The Morgan fingerprint density at radius 3 is 2.13 bits per heavy atom. The maximum Gasteiger partial charge on any atom is 0.131 e. The Kier molecular flexibility index (Phi) is 5.15. The highest BCUT2D eigenvalue weighted by molar-refractivity contribution is 5.40. The molecule has 0 bridgehead atoms. The van der Waals surface area contributed by atoms with Gasteiger partial charge in [0.2, 0.25) is 0 Å². The van der Waals surface area contributed by atoms with Gasteiger partial charge in [-0.15, -0.1) is 0 Å². The van der Waals surface area contributed by atoms with Gasteiger partial charge >= 0.3 is 0 Å². The molecule has 1 saturated carbocycles. The third-order valence-corrected chi connectivity index (χ3v) is 5.29. The molecule has 1 fully saturated rings. The summed E-state index contributed by atoms with van der Waals surface area (Å²) >= 11 is 0. The molecular formula is C17H26O6. The van der Waals surface area contributed by atoms with Crippen LogP contribution in [0.4, 0.5) is 0 Å². The Morgan fingerprint density at radius 1 is 1.13 bits per heavy atom. The SMILES string of the molecule is CCC(C)c1ccc(C2[C@@](O)([C@H](O)CO)[C@H](O)[C@@]2(O)CO)cc1. The molecule has 0 heterocycles. The van der Waals surface area contributed by atoms with Gasteiger partial charge in [-0.25, -0.2) is 0 Å². The fourth-order valence-electron chi connectivity index (χ4n) is 3.53. The summed E-state index contributed by atoms with van der Waals surface area (Å²) in [6.07, 6.45) is -2.43. The van der Waals surface area contributed by atoms with Gasteiger partial charge in [0.25, 0.3) is 0 Å². The van der Waals surface area contributed by atoms with Crippen LogP contribution in [0, 0.1) is 0 Å². The van der Waals surface area contributed by atoms with Gasteiger partial charge in [-0.3, -0.25) is 0 Å². The fraction of sp³-hybridized carbons (Fsp3) is 0.647. The summed E-state index contributed by atoms with van der Waals surface area (Å²) in [6.45, 7) is 2.61. The van der Waals surface area contributed by atoms with Gasteiger partial charge in [-0.05, 0) is 23.5 Å². The summed E-state index contributed by atoms with van der Waals surface area (Å²) < 4.78 is 0. The third kappa shape index (κ3) is 2.59. The number of rotatable bonds is 6. The molecule has 1 aliphatic rings. The highest BCUT2D eigenvalue weighted by atomic mass is 16.4. The first-order chi connectivity index (χ1) is 10.8. The fourth-order valence-corrected chi connectivity index (χ4v) is 3.53. The number of benzene rings is 1. The smallest absolute Gasteiger partial charge is 0.131 e. The van der Waals surface area contributed by atoms with Crippen molar-refractivity contribution in [1.29, 1.82) is 0 Å². The van der Waals surface area contributed by atoms with Crippen LogP contribution in [0.25, 0.3) is 0 Å². The van der Waals surface area contributed by atoms with E-state index in [1.807, 2.05) is 12.1 Å². The Labute approximate surface area is 135 Å². The summed E-state index contributed by atoms with van der Waals surface area (Å²) in [5.41, 5.74) is -2.52. The topological polar surface area (TPSA) is 121 Å². The first-order valence-corrected chi connectivity index (χ1v) is 7.89. The van der Waals surface area contributed by atoms with E-state index in [-0.39, 0.29) is 0 Å². The number of hydrogen-bond acceptors (Lipinski definition) is 6. The highest BCUT2D eigenvalue weighted by Crippen LogP contribution is 2.55. The second-order valence-corrected chi connectivity index (χ2v) is 6.55. The molecule has 6 nitrogen and oxygen atoms in total. The Bertz CT molecular complexity index is 532. The van der Waals surface area contributed by atoms with E-state index >= 15 is 0 Å². The number of aliphatic hydroxyl groups excluding tert-OH is 4. The lowest BCUT2D eigenvalue weighted by Gasteiger charge is -2.61. The predicted octanol–water partition coefficient (Wildman–Crippen LogP) is -0.534. The maximum atomic E-state index is 10.6. The van der Waals surface area contributed by atoms with Crippen molar-refractivity contribution in [3.8, 4) is 0 Å². The van der Waals surface area contributed by atoms with Gasteiger partial charge in [0.05, 0.1) is 19.1 Å². The van der Waals surface area contributed by atoms with Crippen LogP contribution in [0.15, 0.2) is 24.3 Å². The average molecular weight is 326 g/mol. The summed E-state index contributed by atoms with van der Waals surface area (Å²) in [4.78, 5) is 0. The third-order valence-electron chi connectivity index (χ3n) is 5.29. The lowest BCUT2D eigenvalue weighted by molar-refractivity contribution is -0.327. The van der Waals surface area contributed by atoms with E-state index in [1.165, 1.54) is 0 Å². The quantitative estimate of drug-likeness (QED) is 0.418. The lowest BCUT2D eigenvalue weighted by Crippen LogP contribution is -2.81. The highest BCUT2D eigenvalue weighted by Gasteiger charge is 2.73. The predicted molar refractivity (Wildman–Crippen MR) is 84.0 cm³/mol. The first kappa shape index (κ1) is 18.3. The van der Waals surface area contributed by atoms with Crippen LogP contribution in [0.1, 0.15) is 43.2 Å². The Hall–Kier alpha value is -1.02. The zero-order valence-corrected chi connectivity index (χ0v) is 13.4. The summed E-state index contributed by atoms with van der Waals surface area (Å²) in [7, 11) is 0. The van der Waals surface area contributed by atoms with Crippen molar-refractivity contribution in [3.05, 3.63) is 35.4 Å². The van der Waals surface area contributed by atoms with Crippen molar-refractivity contribution < 1.29 is 30.6 Å². The van der Waals surface area contributed by atoms with Crippen molar-refractivity contribution in [2.24, 2.45) is 0 Å². The van der Waals surface area contributed by atoms with Crippen molar-refractivity contribution in [2.75, 3.05) is 13.2 Å². The van der Waals surface area contributed by atoms with Crippen LogP contribution in [0.2, 0.25) is 0 Å². The minimum absolute atomic E-state index is 0.356. The van der Waals surface area contributed by atoms with Crippen LogP contribution in [-0.2, 0) is 0 Å². The summed E-state index contributed by atoms with van der Waals surface area (Å²) in [6, 6.07) is 7.12. The monoisotopic (exact) mass is 326 g/mol. The van der Waals surface area contributed by atoms with Gasteiger partial charge < -0.3 is 30.6 Å². The molecule has 130 valence electrons. The Morgan fingerprint density at radius 2 is 1.70 bits per heavy atom. The van der Waals surface area contributed by atoms with E-state index in [4.69, 9.17) is 5.11 Å². The first-order valence-electron chi connectivity index (χ1n) is 7.89. The molecule has 0 aliphatic heterocycles. The largest absolute Gasteiger partial charge is 0.394 e. The standard InChI is InChI=1S/C17H26O6/c1-3-10(2)11-4-6-12(7-5-11)14-16(22,9-19)15(21)17(14,23)13(20)8-18/h4-7,10,13-15,18-23H,3,8-9H2,1-2H3/t10?,13-,14?,15-,16-,17+/m1/s1. The van der Waals surface area contributed by atoms with E-state index in [2.05, 4.69) is 13.8 Å². The molecule has 0 amide bonds. The van der Waals surface area contributed by atoms with Gasteiger partial charge in [-0.2, -0.15) is 0 Å². The van der Waals surface area contributed by atoms with Gasteiger partial charge in [0.15, 0.2) is 0 Å². The normalized spacial score (nSPS) is 36.3.